The molecule has 0 bridgehead atoms. The average molecular weight is 381 g/mol. The van der Waals surface area contributed by atoms with Crippen LogP contribution < -0.4 is 5.32 Å². The molecule has 0 aromatic heterocycles. The molecule has 92 valence electrons. The van der Waals surface area contributed by atoms with Gasteiger partial charge in [0.25, 0.3) is 5.91 Å². The topological polar surface area (TPSA) is 29.1 Å². The Morgan fingerprint density at radius 2 is 2.24 bits per heavy atom. The second-order valence-corrected chi connectivity index (χ2v) is 6.65. The van der Waals surface area contributed by atoms with Gasteiger partial charge in [-0.15, -0.1) is 0 Å². The van der Waals surface area contributed by atoms with Crippen molar-refractivity contribution in [3.8, 4) is 0 Å². The van der Waals surface area contributed by atoms with Gasteiger partial charge in [0.05, 0.1) is 5.56 Å². The third-order valence-corrected chi connectivity index (χ3v) is 4.76. The molecule has 1 fully saturated rings. The largest absolute Gasteiger partial charge is 0.351 e. The number of hydrogen-bond acceptors (Lipinski definition) is 1. The van der Waals surface area contributed by atoms with Crippen LogP contribution in [0.25, 0.3) is 0 Å². The van der Waals surface area contributed by atoms with Gasteiger partial charge < -0.3 is 5.32 Å². The van der Waals surface area contributed by atoms with Crippen molar-refractivity contribution < 1.29 is 4.79 Å². The van der Waals surface area contributed by atoms with Gasteiger partial charge in [-0.25, -0.2) is 0 Å². The summed E-state index contributed by atoms with van der Waals surface area (Å²) >= 11 is 12.8. The lowest BCUT2D eigenvalue weighted by Crippen LogP contribution is -2.30. The molecule has 2 nitrogen and oxygen atoms in total. The maximum absolute atomic E-state index is 11.9. The molecular formula is C12H12Br2ClNO. The monoisotopic (exact) mass is 379 g/mol. The number of carbonyl (C=O) groups is 1. The summed E-state index contributed by atoms with van der Waals surface area (Å²) in [5, 5.41) is 3.48. The number of alkyl halides is 1. The Hall–Kier alpha value is -0.0600. The number of rotatable bonds is 4. The van der Waals surface area contributed by atoms with Gasteiger partial charge in [-0.2, -0.15) is 0 Å². The van der Waals surface area contributed by atoms with E-state index in [1.165, 1.54) is 12.8 Å². The fourth-order valence-corrected chi connectivity index (χ4v) is 2.87. The summed E-state index contributed by atoms with van der Waals surface area (Å²) in [6.07, 6.45) is 2.51. The van der Waals surface area contributed by atoms with E-state index < -0.39 is 0 Å². The summed E-state index contributed by atoms with van der Waals surface area (Å²) in [6.45, 7) is 0.655. The maximum Gasteiger partial charge on any atom is 0.252 e. The Morgan fingerprint density at radius 3 is 2.88 bits per heavy atom. The number of halogens is 3. The predicted molar refractivity (Wildman–Crippen MR) is 76.9 cm³/mol. The summed E-state index contributed by atoms with van der Waals surface area (Å²) in [7, 11) is 0. The van der Waals surface area contributed by atoms with Crippen LogP contribution in [0.1, 0.15) is 23.2 Å². The van der Waals surface area contributed by atoms with Crippen LogP contribution in [0.5, 0.6) is 0 Å². The van der Waals surface area contributed by atoms with Crippen LogP contribution in [0.4, 0.5) is 0 Å². The molecule has 2 rings (SSSR count). The first kappa shape index (κ1) is 13.4. The summed E-state index contributed by atoms with van der Waals surface area (Å²) in [5.74, 6) is 0.627. The summed E-state index contributed by atoms with van der Waals surface area (Å²) in [6, 6.07) is 5.20. The molecule has 0 radical (unpaired) electrons. The van der Waals surface area contributed by atoms with Crippen LogP contribution in [0.2, 0.25) is 5.02 Å². The summed E-state index contributed by atoms with van der Waals surface area (Å²) in [4.78, 5) is 12.3. The van der Waals surface area contributed by atoms with Gasteiger partial charge in [0.1, 0.15) is 0 Å². The molecule has 1 aliphatic carbocycles. The highest BCUT2D eigenvalue weighted by Crippen LogP contribution is 2.36. The van der Waals surface area contributed by atoms with Crippen molar-refractivity contribution in [3.63, 3.8) is 0 Å². The molecular weight excluding hydrogens is 369 g/mol. The van der Waals surface area contributed by atoms with Crippen LogP contribution in [-0.4, -0.2) is 17.3 Å². The standard InChI is InChI=1S/C12H12Br2ClNO/c13-10-4-3-8(15)5-9(10)12(17)16-6-11(14)7-1-2-7/h3-5,7,11H,1-2,6H2,(H,16,17). The highest BCUT2D eigenvalue weighted by atomic mass is 79.9. The van der Waals surface area contributed by atoms with E-state index in [0.29, 0.717) is 22.0 Å². The molecule has 1 aliphatic rings. The van der Waals surface area contributed by atoms with Crippen molar-refractivity contribution in [1.82, 2.24) is 5.32 Å². The van der Waals surface area contributed by atoms with Gasteiger partial charge in [-0.05, 0) is 52.9 Å². The first-order chi connectivity index (χ1) is 8.08. The van der Waals surface area contributed by atoms with E-state index in [-0.39, 0.29) is 5.91 Å². The van der Waals surface area contributed by atoms with E-state index in [2.05, 4.69) is 37.2 Å². The molecule has 1 amide bonds. The predicted octanol–water partition coefficient (Wildman–Crippen LogP) is 4.01. The molecule has 1 unspecified atom stereocenters. The maximum atomic E-state index is 11.9. The van der Waals surface area contributed by atoms with Crippen LogP contribution in [0, 0.1) is 5.92 Å². The first-order valence-electron chi connectivity index (χ1n) is 5.45. The highest BCUT2D eigenvalue weighted by Gasteiger charge is 2.29. The second kappa shape index (κ2) is 5.72. The third kappa shape index (κ3) is 3.70. The molecule has 1 atom stereocenters. The van der Waals surface area contributed by atoms with Crippen LogP contribution in [0.15, 0.2) is 22.7 Å². The fraction of sp³-hybridized carbons (Fsp3) is 0.417. The molecule has 1 aromatic carbocycles. The van der Waals surface area contributed by atoms with Crippen molar-refractivity contribution in [2.45, 2.75) is 17.7 Å². The van der Waals surface area contributed by atoms with E-state index in [1.54, 1.807) is 18.2 Å². The SMILES string of the molecule is O=C(NCC(Br)C1CC1)c1cc(Cl)ccc1Br. The molecule has 5 heteroatoms. The summed E-state index contributed by atoms with van der Waals surface area (Å²) in [5.41, 5.74) is 0.577. The minimum Gasteiger partial charge on any atom is -0.351 e. The second-order valence-electron chi connectivity index (χ2n) is 4.19. The lowest BCUT2D eigenvalue weighted by Gasteiger charge is -2.11. The highest BCUT2D eigenvalue weighted by molar-refractivity contribution is 9.10. The Kier molecular flexibility index (Phi) is 4.50. The zero-order valence-corrected chi connectivity index (χ0v) is 13.0. The number of benzene rings is 1. The Morgan fingerprint density at radius 1 is 1.53 bits per heavy atom. The van der Waals surface area contributed by atoms with E-state index in [9.17, 15) is 4.79 Å². The van der Waals surface area contributed by atoms with E-state index >= 15 is 0 Å². The number of carbonyl (C=O) groups excluding carboxylic acids is 1. The van der Waals surface area contributed by atoms with Gasteiger partial charge in [0.15, 0.2) is 0 Å². The Balaban J connectivity index is 1.96. The van der Waals surface area contributed by atoms with Gasteiger partial charge >= 0.3 is 0 Å². The minimum atomic E-state index is -0.0931. The van der Waals surface area contributed by atoms with Crippen molar-refractivity contribution in [1.29, 1.82) is 0 Å². The van der Waals surface area contributed by atoms with Gasteiger partial charge in [-0.1, -0.05) is 27.5 Å². The van der Waals surface area contributed by atoms with Crippen molar-refractivity contribution >= 4 is 49.4 Å². The van der Waals surface area contributed by atoms with E-state index in [4.69, 9.17) is 11.6 Å². The first-order valence-corrected chi connectivity index (χ1v) is 7.54. The lowest BCUT2D eigenvalue weighted by molar-refractivity contribution is 0.0952. The molecule has 1 N–H and O–H groups in total. The fourth-order valence-electron chi connectivity index (χ4n) is 1.58. The third-order valence-electron chi connectivity index (χ3n) is 2.76. The van der Waals surface area contributed by atoms with Crippen molar-refractivity contribution in [2.75, 3.05) is 6.54 Å². The average Bonchev–Trinajstić information content (AvgIpc) is 3.12. The Bertz CT molecular complexity index is 435. The zero-order chi connectivity index (χ0) is 12.4. The molecule has 17 heavy (non-hydrogen) atoms. The number of amides is 1. The number of nitrogens with one attached hydrogen (secondary N) is 1. The molecule has 0 aliphatic heterocycles. The summed E-state index contributed by atoms with van der Waals surface area (Å²) < 4.78 is 0.761. The Labute approximate surface area is 122 Å². The molecule has 0 spiro atoms. The number of hydrogen-bond donors (Lipinski definition) is 1. The minimum absolute atomic E-state index is 0.0931. The van der Waals surface area contributed by atoms with Crippen molar-refractivity contribution in [2.24, 2.45) is 5.92 Å². The quantitative estimate of drug-likeness (QED) is 0.785. The zero-order valence-electron chi connectivity index (χ0n) is 9.05. The van der Waals surface area contributed by atoms with Crippen LogP contribution >= 0.6 is 43.5 Å². The van der Waals surface area contributed by atoms with Crippen LogP contribution in [0.3, 0.4) is 0 Å². The van der Waals surface area contributed by atoms with Gasteiger partial charge in [-0.3, -0.25) is 4.79 Å². The van der Waals surface area contributed by atoms with E-state index in [1.807, 2.05) is 0 Å². The van der Waals surface area contributed by atoms with E-state index in [0.717, 1.165) is 10.4 Å². The van der Waals surface area contributed by atoms with Gasteiger partial charge in [0.2, 0.25) is 0 Å². The molecule has 1 saturated carbocycles. The van der Waals surface area contributed by atoms with Crippen molar-refractivity contribution in [3.05, 3.63) is 33.3 Å². The lowest BCUT2D eigenvalue weighted by atomic mass is 10.2. The smallest absolute Gasteiger partial charge is 0.252 e. The molecule has 0 heterocycles. The normalized spacial score (nSPS) is 16.6. The molecule has 1 aromatic rings. The van der Waals surface area contributed by atoms with Gasteiger partial charge in [0, 0.05) is 20.9 Å². The molecule has 0 saturated heterocycles. The van der Waals surface area contributed by atoms with Crippen LogP contribution in [-0.2, 0) is 0 Å².